The number of carbonyl (C=O) groups is 1. The molecule has 1 amide bonds. The Morgan fingerprint density at radius 1 is 1.11 bits per heavy atom. The lowest BCUT2D eigenvalue weighted by Gasteiger charge is -2.19. The lowest BCUT2D eigenvalue weighted by atomic mass is 9.87. The fourth-order valence-electron chi connectivity index (χ4n) is 2.81. The van der Waals surface area contributed by atoms with Crippen LogP contribution in [-0.4, -0.2) is 19.3 Å². The van der Waals surface area contributed by atoms with Gasteiger partial charge in [0.15, 0.2) is 5.13 Å². The Labute approximate surface area is 169 Å². The van der Waals surface area contributed by atoms with Gasteiger partial charge in [-0.15, -0.1) is 0 Å². The van der Waals surface area contributed by atoms with Crippen molar-refractivity contribution in [2.45, 2.75) is 44.9 Å². The number of hydrogen-bond acceptors (Lipinski definition) is 5. The third-order valence-electron chi connectivity index (χ3n) is 4.25. The quantitative estimate of drug-likeness (QED) is 0.646. The van der Waals surface area contributed by atoms with Crippen molar-refractivity contribution in [3.63, 3.8) is 0 Å². The van der Waals surface area contributed by atoms with Gasteiger partial charge in [-0.05, 0) is 47.7 Å². The molecule has 2 aromatic carbocycles. The topological polar surface area (TPSA) is 88.2 Å². The first-order valence-corrected chi connectivity index (χ1v) is 11.1. The van der Waals surface area contributed by atoms with Crippen LogP contribution in [0.5, 0.6) is 0 Å². The molecular formula is C20H23N3O3S2. The predicted octanol–water partition coefficient (Wildman–Crippen LogP) is 4.66. The van der Waals surface area contributed by atoms with Gasteiger partial charge in [0.1, 0.15) is 0 Å². The Bertz CT molecular complexity index is 1140. The van der Waals surface area contributed by atoms with E-state index in [-0.39, 0.29) is 16.2 Å². The van der Waals surface area contributed by atoms with Crippen LogP contribution in [0, 0.1) is 6.92 Å². The fraction of sp³-hybridized carbons (Fsp3) is 0.300. The summed E-state index contributed by atoms with van der Waals surface area (Å²) in [6.07, 6.45) is 0. The molecule has 0 atom stereocenters. The van der Waals surface area contributed by atoms with Gasteiger partial charge in [-0.1, -0.05) is 44.2 Å². The van der Waals surface area contributed by atoms with E-state index in [1.54, 1.807) is 24.3 Å². The van der Waals surface area contributed by atoms with Gasteiger partial charge in [0.25, 0.3) is 10.0 Å². The number of amides is 1. The number of benzene rings is 2. The van der Waals surface area contributed by atoms with Crippen molar-refractivity contribution in [1.29, 1.82) is 0 Å². The summed E-state index contributed by atoms with van der Waals surface area (Å²) in [6, 6.07) is 10.4. The first-order chi connectivity index (χ1) is 13.0. The van der Waals surface area contributed by atoms with Gasteiger partial charge in [-0.2, -0.15) is 0 Å². The number of fused-ring (bicyclic) bond motifs is 1. The van der Waals surface area contributed by atoms with E-state index in [1.807, 2.05) is 19.1 Å². The van der Waals surface area contributed by atoms with Gasteiger partial charge in [-0.25, -0.2) is 13.4 Å². The highest BCUT2D eigenvalue weighted by molar-refractivity contribution is 7.92. The van der Waals surface area contributed by atoms with E-state index in [0.717, 1.165) is 21.3 Å². The van der Waals surface area contributed by atoms with Gasteiger partial charge in [-0.3, -0.25) is 9.52 Å². The van der Waals surface area contributed by atoms with Gasteiger partial charge >= 0.3 is 0 Å². The van der Waals surface area contributed by atoms with Crippen LogP contribution in [0.15, 0.2) is 41.3 Å². The zero-order valence-electron chi connectivity index (χ0n) is 16.5. The monoisotopic (exact) mass is 417 g/mol. The SMILES string of the molecule is CC(=O)Nc1nc2c(C)cc(NS(=O)(=O)c3ccc(C(C)(C)C)cc3)cc2s1. The second kappa shape index (κ2) is 7.18. The Hall–Kier alpha value is -2.45. The molecule has 1 aromatic heterocycles. The fourth-order valence-corrected chi connectivity index (χ4v) is 4.88. The molecule has 2 N–H and O–H groups in total. The molecule has 8 heteroatoms. The summed E-state index contributed by atoms with van der Waals surface area (Å²) in [5, 5.41) is 3.15. The molecule has 1 heterocycles. The minimum Gasteiger partial charge on any atom is -0.302 e. The van der Waals surface area contributed by atoms with Crippen LogP contribution in [0.1, 0.15) is 38.8 Å². The highest BCUT2D eigenvalue weighted by Crippen LogP contribution is 2.32. The number of nitrogens with zero attached hydrogens (tertiary/aromatic N) is 1. The van der Waals surface area contributed by atoms with E-state index in [1.165, 1.54) is 18.3 Å². The van der Waals surface area contributed by atoms with Crippen LogP contribution in [0.25, 0.3) is 10.2 Å². The molecule has 0 bridgehead atoms. The first-order valence-electron chi connectivity index (χ1n) is 8.78. The van der Waals surface area contributed by atoms with Gasteiger partial charge in [0.05, 0.1) is 20.8 Å². The van der Waals surface area contributed by atoms with E-state index in [9.17, 15) is 13.2 Å². The zero-order chi connectivity index (χ0) is 20.7. The third-order valence-corrected chi connectivity index (χ3v) is 6.57. The summed E-state index contributed by atoms with van der Waals surface area (Å²) in [5.74, 6) is -0.198. The Kier molecular flexibility index (Phi) is 5.20. The largest absolute Gasteiger partial charge is 0.302 e. The van der Waals surface area contributed by atoms with Crippen molar-refractivity contribution < 1.29 is 13.2 Å². The summed E-state index contributed by atoms with van der Waals surface area (Å²) in [5.41, 5.74) is 3.05. The number of carbonyl (C=O) groups excluding carboxylic acids is 1. The minimum atomic E-state index is -3.71. The third kappa shape index (κ3) is 4.34. The molecule has 28 heavy (non-hydrogen) atoms. The summed E-state index contributed by atoms with van der Waals surface area (Å²) in [7, 11) is -3.71. The minimum absolute atomic E-state index is 0.0460. The molecule has 0 fully saturated rings. The molecule has 0 saturated heterocycles. The Morgan fingerprint density at radius 3 is 2.32 bits per heavy atom. The van der Waals surface area contributed by atoms with Gasteiger partial charge in [0, 0.05) is 6.92 Å². The standard InChI is InChI=1S/C20H23N3O3S2/c1-12-10-15(11-17-18(12)22-19(27-17)21-13(2)24)23-28(25,26)16-8-6-14(7-9-16)20(3,4)5/h6-11,23H,1-5H3,(H,21,22,24). The average Bonchev–Trinajstić information content (AvgIpc) is 2.96. The Morgan fingerprint density at radius 2 is 1.75 bits per heavy atom. The van der Waals surface area contributed by atoms with Crippen molar-refractivity contribution in [3.8, 4) is 0 Å². The summed E-state index contributed by atoms with van der Waals surface area (Å²) >= 11 is 1.30. The zero-order valence-corrected chi connectivity index (χ0v) is 18.1. The number of anilines is 2. The number of aromatic nitrogens is 1. The molecule has 0 unspecified atom stereocenters. The maximum atomic E-state index is 12.8. The van der Waals surface area contributed by atoms with E-state index in [2.05, 4.69) is 35.8 Å². The molecule has 0 aliphatic heterocycles. The van der Waals surface area contributed by atoms with Crippen molar-refractivity contribution in [2.24, 2.45) is 0 Å². The average molecular weight is 418 g/mol. The second-order valence-corrected chi connectivity index (χ2v) is 10.4. The number of hydrogen-bond donors (Lipinski definition) is 2. The molecule has 0 aliphatic carbocycles. The number of aryl methyl sites for hydroxylation is 1. The maximum Gasteiger partial charge on any atom is 0.261 e. The molecule has 0 radical (unpaired) electrons. The summed E-state index contributed by atoms with van der Waals surface area (Å²) < 4.78 is 29.0. The van der Waals surface area contributed by atoms with Crippen molar-refractivity contribution in [2.75, 3.05) is 10.0 Å². The van der Waals surface area contributed by atoms with Gasteiger partial charge in [0.2, 0.25) is 5.91 Å². The number of rotatable bonds is 4. The van der Waals surface area contributed by atoms with E-state index < -0.39 is 10.0 Å². The highest BCUT2D eigenvalue weighted by atomic mass is 32.2. The normalized spacial score (nSPS) is 12.2. The molecule has 6 nitrogen and oxygen atoms in total. The smallest absolute Gasteiger partial charge is 0.261 e. The van der Waals surface area contributed by atoms with Crippen LogP contribution < -0.4 is 10.0 Å². The number of nitrogens with one attached hydrogen (secondary N) is 2. The van der Waals surface area contributed by atoms with Crippen LogP contribution in [0.2, 0.25) is 0 Å². The van der Waals surface area contributed by atoms with E-state index in [0.29, 0.717) is 10.8 Å². The van der Waals surface area contributed by atoms with E-state index >= 15 is 0 Å². The lowest BCUT2D eigenvalue weighted by molar-refractivity contribution is -0.114. The molecular weight excluding hydrogens is 394 g/mol. The molecule has 3 aromatic rings. The van der Waals surface area contributed by atoms with Crippen LogP contribution in [0.3, 0.4) is 0 Å². The maximum absolute atomic E-state index is 12.8. The Balaban J connectivity index is 1.91. The number of thiazole rings is 1. The molecule has 0 saturated carbocycles. The second-order valence-electron chi connectivity index (χ2n) is 7.72. The van der Waals surface area contributed by atoms with Crippen LogP contribution >= 0.6 is 11.3 Å². The number of sulfonamides is 1. The van der Waals surface area contributed by atoms with Crippen molar-refractivity contribution in [3.05, 3.63) is 47.5 Å². The summed E-state index contributed by atoms with van der Waals surface area (Å²) in [6.45, 7) is 9.52. The van der Waals surface area contributed by atoms with Gasteiger partial charge < -0.3 is 5.32 Å². The van der Waals surface area contributed by atoms with Crippen molar-refractivity contribution >= 4 is 48.3 Å². The highest BCUT2D eigenvalue weighted by Gasteiger charge is 2.18. The molecule has 3 rings (SSSR count). The molecule has 0 aliphatic rings. The first kappa shape index (κ1) is 20.3. The van der Waals surface area contributed by atoms with Crippen LogP contribution in [0.4, 0.5) is 10.8 Å². The lowest BCUT2D eigenvalue weighted by Crippen LogP contribution is -2.15. The molecule has 0 spiro atoms. The molecule has 148 valence electrons. The van der Waals surface area contributed by atoms with E-state index in [4.69, 9.17) is 0 Å². The van der Waals surface area contributed by atoms with Crippen LogP contribution in [-0.2, 0) is 20.2 Å². The van der Waals surface area contributed by atoms with Crippen molar-refractivity contribution in [1.82, 2.24) is 4.98 Å². The predicted molar refractivity (Wildman–Crippen MR) is 115 cm³/mol. The summed E-state index contributed by atoms with van der Waals surface area (Å²) in [4.78, 5) is 15.8.